The molecule has 1 fully saturated rings. The first-order valence-corrected chi connectivity index (χ1v) is 5.13. The largest absolute Gasteiger partial charge is 0.399 e. The van der Waals surface area contributed by atoms with E-state index >= 15 is 0 Å². The Bertz CT molecular complexity index is 272. The fraction of sp³-hybridized carbons (Fsp3) is 0.500. The van der Waals surface area contributed by atoms with E-state index in [1.165, 1.54) is 24.8 Å². The Balaban J connectivity index is 2.10. The predicted molar refractivity (Wildman–Crippen MR) is 56.6 cm³/mol. The second kappa shape index (κ2) is 3.41. The Kier molecular flexibility index (Phi) is 2.26. The molecule has 1 aromatic rings. The molecule has 0 amide bonds. The van der Waals surface area contributed by atoms with Gasteiger partial charge < -0.3 is 5.73 Å². The number of hydrogen-bond acceptors (Lipinski definition) is 1. The molecular weight excluding hydrogens is 158 g/mol. The summed E-state index contributed by atoms with van der Waals surface area (Å²) in [6.45, 7) is 2.33. The first kappa shape index (κ1) is 8.61. The summed E-state index contributed by atoms with van der Waals surface area (Å²) >= 11 is 0. The molecule has 1 heteroatoms. The van der Waals surface area contributed by atoms with Gasteiger partial charge in [-0.05, 0) is 42.4 Å². The van der Waals surface area contributed by atoms with Crippen LogP contribution in [0.2, 0.25) is 0 Å². The van der Waals surface area contributed by atoms with Crippen molar-refractivity contribution in [2.24, 2.45) is 5.92 Å². The maximum absolute atomic E-state index is 5.65. The number of rotatable bonds is 2. The summed E-state index contributed by atoms with van der Waals surface area (Å²) in [5.41, 5.74) is 7.96. The molecule has 0 radical (unpaired) electrons. The maximum Gasteiger partial charge on any atom is 0.0314 e. The van der Waals surface area contributed by atoms with Crippen LogP contribution in [0.3, 0.4) is 0 Å². The van der Waals surface area contributed by atoms with Crippen LogP contribution in [0.1, 0.15) is 37.7 Å². The smallest absolute Gasteiger partial charge is 0.0314 e. The highest BCUT2D eigenvalue weighted by atomic mass is 14.5. The molecule has 2 N–H and O–H groups in total. The Hall–Kier alpha value is -0.980. The van der Waals surface area contributed by atoms with Crippen LogP contribution in [0.25, 0.3) is 0 Å². The van der Waals surface area contributed by atoms with Crippen LogP contribution in [-0.2, 0) is 0 Å². The highest BCUT2D eigenvalue weighted by molar-refractivity contribution is 5.40. The zero-order chi connectivity index (χ0) is 9.26. The fourth-order valence-corrected chi connectivity index (χ4v) is 2.01. The van der Waals surface area contributed by atoms with Gasteiger partial charge in [-0.2, -0.15) is 0 Å². The lowest BCUT2D eigenvalue weighted by Gasteiger charge is -2.31. The minimum Gasteiger partial charge on any atom is -0.399 e. The lowest BCUT2D eigenvalue weighted by Crippen LogP contribution is -2.17. The van der Waals surface area contributed by atoms with Gasteiger partial charge >= 0.3 is 0 Å². The van der Waals surface area contributed by atoms with Crippen LogP contribution < -0.4 is 5.73 Å². The summed E-state index contributed by atoms with van der Waals surface area (Å²) in [5.74, 6) is 1.64. The number of benzene rings is 1. The molecule has 1 nitrogen and oxygen atoms in total. The molecule has 2 rings (SSSR count). The molecule has 0 bridgehead atoms. The standard InChI is InChI=1S/C12H17N/c1-9(10-3-2-4-10)11-5-7-12(13)8-6-11/h5-10H,2-4,13H2,1H3. The van der Waals surface area contributed by atoms with E-state index in [1.54, 1.807) is 0 Å². The zero-order valence-electron chi connectivity index (χ0n) is 8.16. The summed E-state index contributed by atoms with van der Waals surface area (Å²) in [5, 5.41) is 0. The van der Waals surface area contributed by atoms with Crippen molar-refractivity contribution in [3.8, 4) is 0 Å². The second-order valence-electron chi connectivity index (χ2n) is 4.15. The third kappa shape index (κ3) is 1.69. The highest BCUT2D eigenvalue weighted by Gasteiger charge is 2.24. The predicted octanol–water partition coefficient (Wildman–Crippen LogP) is 3.17. The molecule has 0 spiro atoms. The lowest BCUT2D eigenvalue weighted by atomic mass is 9.74. The summed E-state index contributed by atoms with van der Waals surface area (Å²) < 4.78 is 0. The van der Waals surface area contributed by atoms with Gasteiger partial charge in [-0.3, -0.25) is 0 Å². The van der Waals surface area contributed by atoms with Crippen molar-refractivity contribution in [2.45, 2.75) is 32.1 Å². The van der Waals surface area contributed by atoms with Gasteiger partial charge in [0.15, 0.2) is 0 Å². The summed E-state index contributed by atoms with van der Waals surface area (Å²) in [7, 11) is 0. The average Bonchev–Trinajstić information content (AvgIpc) is 2.02. The molecule has 1 aromatic carbocycles. The minimum absolute atomic E-state index is 0.717. The van der Waals surface area contributed by atoms with Gasteiger partial charge in [-0.1, -0.05) is 25.5 Å². The first-order chi connectivity index (χ1) is 6.27. The zero-order valence-corrected chi connectivity index (χ0v) is 8.16. The van der Waals surface area contributed by atoms with Gasteiger partial charge in [0.2, 0.25) is 0 Å². The van der Waals surface area contributed by atoms with Crippen molar-refractivity contribution in [3.63, 3.8) is 0 Å². The molecule has 1 saturated carbocycles. The monoisotopic (exact) mass is 175 g/mol. The molecule has 1 unspecified atom stereocenters. The highest BCUT2D eigenvalue weighted by Crippen LogP contribution is 2.38. The number of anilines is 1. The van der Waals surface area contributed by atoms with Crippen molar-refractivity contribution in [3.05, 3.63) is 29.8 Å². The van der Waals surface area contributed by atoms with Crippen LogP contribution in [0, 0.1) is 5.92 Å². The Morgan fingerprint density at radius 3 is 2.31 bits per heavy atom. The van der Waals surface area contributed by atoms with Crippen LogP contribution >= 0.6 is 0 Å². The third-order valence-electron chi connectivity index (χ3n) is 3.32. The molecular formula is C12H17N. The topological polar surface area (TPSA) is 26.0 Å². The van der Waals surface area contributed by atoms with Gasteiger partial charge in [-0.25, -0.2) is 0 Å². The van der Waals surface area contributed by atoms with Crippen molar-refractivity contribution < 1.29 is 0 Å². The summed E-state index contributed by atoms with van der Waals surface area (Å²) in [6, 6.07) is 8.34. The van der Waals surface area contributed by atoms with Crippen LogP contribution in [0.15, 0.2) is 24.3 Å². The SMILES string of the molecule is CC(c1ccc(N)cc1)C1CCC1. The van der Waals surface area contributed by atoms with E-state index in [-0.39, 0.29) is 0 Å². The van der Waals surface area contributed by atoms with Gasteiger partial charge in [0.05, 0.1) is 0 Å². The van der Waals surface area contributed by atoms with Crippen molar-refractivity contribution in [1.82, 2.24) is 0 Å². The van der Waals surface area contributed by atoms with Crippen molar-refractivity contribution >= 4 is 5.69 Å². The Morgan fingerprint density at radius 1 is 1.23 bits per heavy atom. The minimum atomic E-state index is 0.717. The van der Waals surface area contributed by atoms with E-state index in [9.17, 15) is 0 Å². The third-order valence-corrected chi connectivity index (χ3v) is 3.32. The fourth-order valence-electron chi connectivity index (χ4n) is 2.01. The van der Waals surface area contributed by atoms with E-state index in [4.69, 9.17) is 5.73 Å². The molecule has 0 aliphatic heterocycles. The molecule has 1 aliphatic carbocycles. The van der Waals surface area contributed by atoms with Crippen LogP contribution in [0.4, 0.5) is 5.69 Å². The number of nitrogens with two attached hydrogens (primary N) is 1. The Morgan fingerprint density at radius 2 is 1.85 bits per heavy atom. The quantitative estimate of drug-likeness (QED) is 0.686. The van der Waals surface area contributed by atoms with Gasteiger partial charge in [0, 0.05) is 5.69 Å². The number of hydrogen-bond donors (Lipinski definition) is 1. The number of nitrogen functional groups attached to an aromatic ring is 1. The second-order valence-corrected chi connectivity index (χ2v) is 4.15. The van der Waals surface area contributed by atoms with Gasteiger partial charge in [0.25, 0.3) is 0 Å². The average molecular weight is 175 g/mol. The van der Waals surface area contributed by atoms with Gasteiger partial charge in [-0.15, -0.1) is 0 Å². The lowest BCUT2D eigenvalue weighted by molar-refractivity contribution is 0.272. The van der Waals surface area contributed by atoms with E-state index < -0.39 is 0 Å². The molecule has 0 heterocycles. The summed E-state index contributed by atoms with van der Waals surface area (Å²) in [4.78, 5) is 0. The first-order valence-electron chi connectivity index (χ1n) is 5.13. The van der Waals surface area contributed by atoms with Crippen molar-refractivity contribution in [2.75, 3.05) is 5.73 Å². The Labute approximate surface area is 80.0 Å². The van der Waals surface area contributed by atoms with Crippen LogP contribution in [-0.4, -0.2) is 0 Å². The molecule has 13 heavy (non-hydrogen) atoms. The molecule has 1 atom stereocenters. The molecule has 0 saturated heterocycles. The molecule has 70 valence electrons. The summed E-state index contributed by atoms with van der Waals surface area (Å²) in [6.07, 6.45) is 4.24. The molecule has 0 aromatic heterocycles. The molecule has 1 aliphatic rings. The maximum atomic E-state index is 5.65. The van der Waals surface area contributed by atoms with Gasteiger partial charge in [0.1, 0.15) is 0 Å². The van der Waals surface area contributed by atoms with E-state index in [0.717, 1.165) is 11.6 Å². The van der Waals surface area contributed by atoms with E-state index in [0.29, 0.717) is 5.92 Å². The normalized spacial score (nSPS) is 19.5. The van der Waals surface area contributed by atoms with Crippen molar-refractivity contribution in [1.29, 1.82) is 0 Å². The van der Waals surface area contributed by atoms with E-state index in [2.05, 4.69) is 19.1 Å². The van der Waals surface area contributed by atoms with Crippen LogP contribution in [0.5, 0.6) is 0 Å². The van der Waals surface area contributed by atoms with E-state index in [1.807, 2.05) is 12.1 Å².